The molecule has 21 heavy (non-hydrogen) atoms. The zero-order valence-electron chi connectivity index (χ0n) is 12.2. The molecule has 0 aliphatic rings. The first kappa shape index (κ1) is 18.6. The Kier molecular flexibility index (Phi) is 7.32. The second-order valence-corrected chi connectivity index (χ2v) is 4.36. The van der Waals surface area contributed by atoms with E-state index in [4.69, 9.17) is 22.1 Å². The van der Waals surface area contributed by atoms with E-state index in [9.17, 15) is 9.59 Å². The van der Waals surface area contributed by atoms with E-state index in [0.29, 0.717) is 5.52 Å². The van der Waals surface area contributed by atoms with E-state index in [1.807, 2.05) is 0 Å². The fraction of sp³-hybridized carbons (Fsp3) is 0.286. The van der Waals surface area contributed by atoms with E-state index < -0.39 is 11.9 Å². The van der Waals surface area contributed by atoms with Gasteiger partial charge < -0.3 is 26.5 Å². The molecule has 0 aliphatic carbocycles. The van der Waals surface area contributed by atoms with Crippen molar-refractivity contribution in [2.24, 2.45) is 0 Å². The fourth-order valence-electron chi connectivity index (χ4n) is 1.98. The van der Waals surface area contributed by atoms with Crippen molar-refractivity contribution in [3.8, 4) is 0 Å². The van der Waals surface area contributed by atoms with Gasteiger partial charge in [-0.2, -0.15) is 0 Å². The summed E-state index contributed by atoms with van der Waals surface area (Å²) in [5, 5.41) is 0. The van der Waals surface area contributed by atoms with Crippen LogP contribution in [0.2, 0.25) is 0 Å². The van der Waals surface area contributed by atoms with E-state index in [1.165, 1.54) is 0 Å². The van der Waals surface area contributed by atoms with Crippen LogP contribution in [0.4, 0.5) is 0 Å². The van der Waals surface area contributed by atoms with Crippen LogP contribution in [0.25, 0.3) is 5.52 Å². The molecule has 0 spiro atoms. The molecule has 0 atom stereocenters. The van der Waals surface area contributed by atoms with Crippen molar-refractivity contribution in [1.82, 2.24) is 4.40 Å². The van der Waals surface area contributed by atoms with Crippen LogP contribution < -0.4 is 51.4 Å². The van der Waals surface area contributed by atoms with E-state index in [2.05, 4.69) is 0 Å². The maximum atomic E-state index is 12.0. The molecule has 0 bridgehead atoms. The van der Waals surface area contributed by atoms with Crippen LogP contribution in [-0.2, 0) is 22.1 Å². The summed E-state index contributed by atoms with van der Waals surface area (Å²) in [6.45, 7) is 3.91. The molecule has 106 valence electrons. The third kappa shape index (κ3) is 3.66. The molecular weight excluding hydrogens is 317 g/mol. The molecule has 0 aromatic carbocycles. The molecule has 0 amide bonds. The van der Waals surface area contributed by atoms with E-state index in [1.54, 1.807) is 42.6 Å². The second-order valence-electron chi connectivity index (χ2n) is 3.95. The Balaban J connectivity index is 0.00000220. The maximum Gasteiger partial charge on any atom is 1.00 e. The molecule has 2 aromatic heterocycles. The SMILES string of the molecule is CCOC(=O)c1c([S-])c(C(=O)OCC)n2ccccc12.[K+]. The van der Waals surface area contributed by atoms with Crippen LogP contribution >= 0.6 is 0 Å². The number of ether oxygens (including phenoxy) is 2. The minimum absolute atomic E-state index is 0. The minimum Gasteiger partial charge on any atom is -0.777 e. The number of pyridine rings is 1. The van der Waals surface area contributed by atoms with Crippen molar-refractivity contribution < 1.29 is 70.4 Å². The maximum absolute atomic E-state index is 12.0. The van der Waals surface area contributed by atoms with Crippen molar-refractivity contribution in [2.45, 2.75) is 18.7 Å². The van der Waals surface area contributed by atoms with Gasteiger partial charge >= 0.3 is 63.3 Å². The summed E-state index contributed by atoms with van der Waals surface area (Å²) in [5.74, 6) is -1.08. The minimum atomic E-state index is -0.547. The molecule has 2 rings (SSSR count). The van der Waals surface area contributed by atoms with Crippen LogP contribution in [-0.4, -0.2) is 29.6 Å². The van der Waals surface area contributed by atoms with Gasteiger partial charge in [0.25, 0.3) is 0 Å². The van der Waals surface area contributed by atoms with Gasteiger partial charge in [-0.25, -0.2) is 9.59 Å². The predicted octanol–water partition coefficient (Wildman–Crippen LogP) is -0.797. The summed E-state index contributed by atoms with van der Waals surface area (Å²) < 4.78 is 11.6. The van der Waals surface area contributed by atoms with E-state index in [0.717, 1.165) is 0 Å². The smallest absolute Gasteiger partial charge is 0.777 e. The molecule has 2 aromatic rings. The molecule has 0 unspecified atom stereocenters. The first-order valence-electron chi connectivity index (χ1n) is 6.26. The number of nitrogens with zero attached hydrogens (tertiary/aromatic N) is 1. The normalized spacial score (nSPS) is 10.0. The molecule has 2 heterocycles. The Morgan fingerprint density at radius 3 is 2.38 bits per heavy atom. The number of aromatic nitrogens is 1. The van der Waals surface area contributed by atoms with Gasteiger partial charge in [-0.1, -0.05) is 6.07 Å². The quantitative estimate of drug-likeness (QED) is 0.417. The molecule has 0 saturated carbocycles. The molecule has 5 nitrogen and oxygen atoms in total. The average molecular weight is 331 g/mol. The summed E-state index contributed by atoms with van der Waals surface area (Å²) in [5.41, 5.74) is 0.949. The van der Waals surface area contributed by atoms with Crippen LogP contribution in [0, 0.1) is 0 Å². The van der Waals surface area contributed by atoms with Crippen LogP contribution in [0.15, 0.2) is 29.3 Å². The largest absolute Gasteiger partial charge is 1.00 e. The van der Waals surface area contributed by atoms with E-state index in [-0.39, 0.29) is 80.8 Å². The summed E-state index contributed by atoms with van der Waals surface area (Å²) in [6.07, 6.45) is 1.67. The standard InChI is InChI=1S/C14H15NO4S.K/c1-3-18-13(16)10-9-7-5-6-8-15(9)11(12(10)20)14(17)19-4-2;/h5-8,20H,3-4H2,1-2H3;/q;+1/p-1. The van der Waals surface area contributed by atoms with Crippen LogP contribution in [0.3, 0.4) is 0 Å². The zero-order chi connectivity index (χ0) is 14.7. The predicted molar refractivity (Wildman–Crippen MR) is 74.9 cm³/mol. The summed E-state index contributed by atoms with van der Waals surface area (Å²) >= 11 is 5.25. The first-order valence-corrected chi connectivity index (χ1v) is 6.66. The molecule has 0 fully saturated rings. The van der Waals surface area contributed by atoms with Gasteiger partial charge in [-0.15, -0.1) is 4.90 Å². The number of rotatable bonds is 4. The topological polar surface area (TPSA) is 57.0 Å². The molecular formula is C14H14KNO4S. The zero-order valence-corrected chi connectivity index (χ0v) is 16.2. The summed E-state index contributed by atoms with van der Waals surface area (Å²) in [6, 6.07) is 5.23. The number of carbonyl (C=O) groups excluding carboxylic acids is 2. The summed E-state index contributed by atoms with van der Waals surface area (Å²) in [4.78, 5) is 24.2. The third-order valence-corrected chi connectivity index (χ3v) is 3.14. The van der Waals surface area contributed by atoms with Gasteiger partial charge in [0.15, 0.2) is 0 Å². The Labute approximate surface area is 170 Å². The van der Waals surface area contributed by atoms with Crippen molar-refractivity contribution in [3.63, 3.8) is 0 Å². The number of fused-ring (bicyclic) bond motifs is 1. The third-order valence-electron chi connectivity index (χ3n) is 2.75. The number of hydrogen-bond acceptors (Lipinski definition) is 5. The molecule has 7 heteroatoms. The fourth-order valence-corrected chi connectivity index (χ4v) is 2.35. The van der Waals surface area contributed by atoms with Gasteiger partial charge in [0, 0.05) is 6.20 Å². The van der Waals surface area contributed by atoms with Crippen molar-refractivity contribution in [2.75, 3.05) is 13.2 Å². The number of hydrogen-bond donors (Lipinski definition) is 0. The van der Waals surface area contributed by atoms with Crippen molar-refractivity contribution >= 4 is 30.1 Å². The van der Waals surface area contributed by atoms with Gasteiger partial charge in [0.05, 0.1) is 24.3 Å². The van der Waals surface area contributed by atoms with Gasteiger partial charge in [0.1, 0.15) is 5.69 Å². The van der Waals surface area contributed by atoms with Crippen molar-refractivity contribution in [1.29, 1.82) is 0 Å². The van der Waals surface area contributed by atoms with Crippen LogP contribution in [0.5, 0.6) is 0 Å². The van der Waals surface area contributed by atoms with Gasteiger partial charge in [0.2, 0.25) is 0 Å². The average Bonchev–Trinajstić information content (AvgIpc) is 2.71. The number of carbonyl (C=O) groups is 2. The van der Waals surface area contributed by atoms with E-state index >= 15 is 0 Å². The summed E-state index contributed by atoms with van der Waals surface area (Å²) in [7, 11) is 0. The second kappa shape index (κ2) is 8.26. The Hall–Kier alpha value is -0.444. The number of esters is 2. The molecule has 0 aliphatic heterocycles. The monoisotopic (exact) mass is 331 g/mol. The van der Waals surface area contributed by atoms with Gasteiger partial charge in [-0.3, -0.25) is 0 Å². The van der Waals surface area contributed by atoms with Gasteiger partial charge in [-0.05, 0) is 26.0 Å². The first-order chi connectivity index (χ1) is 9.61. The van der Waals surface area contributed by atoms with Crippen LogP contribution in [0.1, 0.15) is 34.7 Å². The Bertz CT molecular complexity index is 613. The molecule has 0 N–H and O–H groups in total. The Morgan fingerprint density at radius 1 is 1.14 bits per heavy atom. The van der Waals surface area contributed by atoms with Crippen molar-refractivity contribution in [3.05, 3.63) is 35.7 Å². The molecule has 0 radical (unpaired) electrons. The molecule has 0 saturated heterocycles. The Morgan fingerprint density at radius 2 is 1.76 bits per heavy atom.